The molecule has 0 amide bonds. The van der Waals surface area contributed by atoms with Crippen LogP contribution in [0.25, 0.3) is 88.0 Å². The molecule has 0 aliphatic rings. The van der Waals surface area contributed by atoms with Crippen LogP contribution in [-0.4, -0.2) is 0 Å². The van der Waals surface area contributed by atoms with Gasteiger partial charge in [0.25, 0.3) is 0 Å². The highest BCUT2D eigenvalue weighted by Gasteiger charge is 2.18. The highest BCUT2D eigenvalue weighted by Crippen LogP contribution is 2.45. The quantitative estimate of drug-likeness (QED) is 0.188. The Morgan fingerprint density at radius 1 is 0.333 bits per heavy atom. The minimum Gasteiger partial charge on any atom is -0.456 e. The highest BCUT2D eigenvalue weighted by molar-refractivity contribution is 6.22. The number of hydrogen-bond donors (Lipinski definition) is 0. The molecule has 0 atom stereocenters. The Balaban J connectivity index is 1.31. The van der Waals surface area contributed by atoms with Gasteiger partial charge in [0.05, 0.1) is 12.3 Å². The van der Waals surface area contributed by atoms with Crippen molar-refractivity contribution in [2.24, 2.45) is 0 Å². The first-order valence-corrected chi connectivity index (χ1v) is 14.7. The van der Waals surface area contributed by atoms with E-state index < -0.39 is 42.3 Å². The fraction of sp³-hybridized carbons (Fsp3) is 0. The third-order valence-electron chi connectivity index (χ3n) is 8.42. The second kappa shape index (κ2) is 10.4. The Morgan fingerprint density at radius 3 is 1.40 bits per heavy atom. The smallest absolute Gasteiger partial charge is 0.135 e. The van der Waals surface area contributed by atoms with Gasteiger partial charge in [0.1, 0.15) is 11.2 Å². The third kappa shape index (κ3) is 4.24. The lowest BCUT2D eigenvalue weighted by molar-refractivity contribution is 0.669. The van der Waals surface area contributed by atoms with Gasteiger partial charge in [0.2, 0.25) is 0 Å². The summed E-state index contributed by atoms with van der Waals surface area (Å²) >= 11 is 0. The van der Waals surface area contributed by atoms with Gasteiger partial charge in [-0.05, 0) is 90.3 Å². The van der Waals surface area contributed by atoms with Gasteiger partial charge in [-0.1, -0.05) is 145 Å². The molecule has 0 aliphatic heterocycles. The Labute approximate surface area is 274 Å². The van der Waals surface area contributed by atoms with Crippen molar-refractivity contribution in [1.82, 2.24) is 0 Å². The molecular weight excluding hydrogens is 544 g/mol. The number of hydrogen-bond acceptors (Lipinski definition) is 1. The molecule has 8 aromatic carbocycles. The van der Waals surface area contributed by atoms with Gasteiger partial charge < -0.3 is 4.42 Å². The van der Waals surface area contributed by atoms with E-state index in [1.807, 2.05) is 84.9 Å². The molecule has 0 bridgehead atoms. The molecule has 0 saturated carbocycles. The summed E-state index contributed by atoms with van der Waals surface area (Å²) in [7, 11) is 0. The van der Waals surface area contributed by atoms with Gasteiger partial charge in [-0.2, -0.15) is 0 Å². The maximum absolute atomic E-state index is 9.29. The van der Waals surface area contributed by atoms with Crippen LogP contribution in [0.1, 0.15) is 12.3 Å². The average molecular weight is 582 g/mol. The van der Waals surface area contributed by atoms with Crippen molar-refractivity contribution in [1.29, 1.82) is 0 Å². The summed E-state index contributed by atoms with van der Waals surface area (Å²) in [4.78, 5) is 0. The van der Waals surface area contributed by atoms with Crippen LogP contribution in [0.2, 0.25) is 0 Å². The number of benzene rings is 8. The van der Waals surface area contributed by atoms with Gasteiger partial charge in [0, 0.05) is 10.8 Å². The molecule has 0 spiro atoms. The molecule has 0 aliphatic carbocycles. The number of furan rings is 1. The molecule has 9 aromatic rings. The highest BCUT2D eigenvalue weighted by atomic mass is 16.3. The molecule has 0 saturated heterocycles. The van der Waals surface area contributed by atoms with E-state index in [1.54, 1.807) is 0 Å². The summed E-state index contributed by atoms with van der Waals surface area (Å²) in [5.41, 5.74) is 5.45. The van der Waals surface area contributed by atoms with Crippen LogP contribution in [0.4, 0.5) is 0 Å². The van der Waals surface area contributed by atoms with Crippen LogP contribution in [0.5, 0.6) is 0 Å². The van der Waals surface area contributed by atoms with E-state index in [4.69, 9.17) is 14.0 Å². The van der Waals surface area contributed by atoms with Crippen LogP contribution in [0.15, 0.2) is 174 Å². The van der Waals surface area contributed by atoms with E-state index >= 15 is 0 Å². The SMILES string of the molecule is [2H]c1c([2H])c([2H])c(-c2c([2H])c([2H])c(-c3c4ccccc4c(-c4ccc5oc6ccc(-c7ccccc7)cc6c5c4)c4ccccc34)c([2H])c2[2H])c([2H])c1[2H]. The molecule has 0 fully saturated rings. The van der Waals surface area contributed by atoms with E-state index in [0.29, 0.717) is 16.3 Å². The summed E-state index contributed by atoms with van der Waals surface area (Å²) < 4.78 is 84.5. The van der Waals surface area contributed by atoms with Crippen molar-refractivity contribution in [3.8, 4) is 44.5 Å². The van der Waals surface area contributed by atoms with Crippen molar-refractivity contribution in [3.63, 3.8) is 0 Å². The van der Waals surface area contributed by atoms with Gasteiger partial charge in [-0.25, -0.2) is 0 Å². The van der Waals surface area contributed by atoms with E-state index in [0.717, 1.165) is 55.0 Å². The number of fused-ring (bicyclic) bond motifs is 5. The fourth-order valence-corrected chi connectivity index (χ4v) is 6.39. The maximum atomic E-state index is 9.29. The largest absolute Gasteiger partial charge is 0.456 e. The third-order valence-corrected chi connectivity index (χ3v) is 8.42. The first kappa shape index (κ1) is 18.0. The summed E-state index contributed by atoms with van der Waals surface area (Å²) in [6.45, 7) is 0. The minimum absolute atomic E-state index is 0.0600. The fourth-order valence-electron chi connectivity index (χ4n) is 6.39. The van der Waals surface area contributed by atoms with E-state index in [2.05, 4.69) is 30.3 Å². The van der Waals surface area contributed by atoms with Crippen molar-refractivity contribution < 1.29 is 16.8 Å². The summed E-state index contributed by atoms with van der Waals surface area (Å²) in [6.07, 6.45) is 0. The Kier molecular flexibility index (Phi) is 4.15. The molecule has 0 unspecified atom stereocenters. The monoisotopic (exact) mass is 581 g/mol. The molecule has 1 heterocycles. The molecule has 210 valence electrons. The van der Waals surface area contributed by atoms with Crippen LogP contribution in [-0.2, 0) is 0 Å². The van der Waals surface area contributed by atoms with Gasteiger partial charge >= 0.3 is 0 Å². The molecule has 1 nitrogen and oxygen atoms in total. The summed E-state index contributed by atoms with van der Waals surface area (Å²) in [6, 6.07) is 33.2. The first-order chi connectivity index (χ1) is 26.1. The van der Waals surface area contributed by atoms with Crippen molar-refractivity contribution in [2.75, 3.05) is 0 Å². The zero-order valence-corrected chi connectivity index (χ0v) is 23.9. The molecule has 9 rings (SSSR count). The van der Waals surface area contributed by atoms with Crippen molar-refractivity contribution >= 4 is 43.5 Å². The Hall–Kier alpha value is -5.92. The molecular formula is C44H28O. The Morgan fingerprint density at radius 2 is 0.800 bits per heavy atom. The second-order valence-electron chi connectivity index (χ2n) is 11.0. The van der Waals surface area contributed by atoms with Gasteiger partial charge in [-0.3, -0.25) is 0 Å². The maximum Gasteiger partial charge on any atom is 0.135 e. The molecule has 0 radical (unpaired) electrons. The first-order valence-electron chi connectivity index (χ1n) is 19.2. The van der Waals surface area contributed by atoms with Gasteiger partial charge in [0.15, 0.2) is 0 Å². The van der Waals surface area contributed by atoms with Crippen LogP contribution < -0.4 is 0 Å². The van der Waals surface area contributed by atoms with Gasteiger partial charge in [-0.15, -0.1) is 0 Å². The summed E-state index contributed by atoms with van der Waals surface area (Å²) in [5.74, 6) is 0. The van der Waals surface area contributed by atoms with Crippen molar-refractivity contribution in [2.45, 2.75) is 0 Å². The normalized spacial score (nSPS) is 14.4. The lowest BCUT2D eigenvalue weighted by Crippen LogP contribution is -1.91. The molecule has 0 N–H and O–H groups in total. The predicted octanol–water partition coefficient (Wildman–Crippen LogP) is 12.6. The Bertz CT molecular complexity index is 2930. The topological polar surface area (TPSA) is 13.1 Å². The summed E-state index contributed by atoms with van der Waals surface area (Å²) in [5, 5.41) is 5.06. The molecule has 1 heteroatoms. The standard InChI is InChI=1S/C44H28O/c1-3-11-29(12-4-1)31-19-21-32(22-20-31)43-35-15-7-9-17-37(35)44(38-18-10-8-16-36(38)43)34-24-26-42-40(28-34)39-27-33(23-25-41(39)45-42)30-13-5-2-6-14-30/h1-28H/i1D,3D,4D,11D,12D,19D,20D,21D,22D. The van der Waals surface area contributed by atoms with Crippen LogP contribution >= 0.6 is 0 Å². The average Bonchev–Trinajstić information content (AvgIpc) is 3.57. The zero-order valence-electron chi connectivity index (χ0n) is 32.9. The van der Waals surface area contributed by atoms with E-state index in [1.165, 1.54) is 0 Å². The second-order valence-corrected chi connectivity index (χ2v) is 11.0. The van der Waals surface area contributed by atoms with Crippen LogP contribution in [0.3, 0.4) is 0 Å². The number of rotatable bonds is 4. The zero-order chi connectivity index (χ0) is 37.6. The predicted molar refractivity (Wildman–Crippen MR) is 190 cm³/mol. The minimum atomic E-state index is -0.613. The van der Waals surface area contributed by atoms with Crippen molar-refractivity contribution in [3.05, 3.63) is 170 Å². The van der Waals surface area contributed by atoms with Crippen LogP contribution in [0, 0.1) is 0 Å². The molecule has 1 aromatic heterocycles. The van der Waals surface area contributed by atoms with E-state index in [9.17, 15) is 2.74 Å². The lowest BCUT2D eigenvalue weighted by atomic mass is 9.85. The molecule has 45 heavy (non-hydrogen) atoms. The lowest BCUT2D eigenvalue weighted by Gasteiger charge is -2.18. The van der Waals surface area contributed by atoms with E-state index in [-0.39, 0.29) is 28.8 Å².